The molecule has 0 aliphatic heterocycles. The van der Waals surface area contributed by atoms with Crippen molar-refractivity contribution >= 4 is 5.84 Å². The second-order valence-corrected chi connectivity index (χ2v) is 3.24. The van der Waals surface area contributed by atoms with Crippen molar-refractivity contribution in [2.24, 2.45) is 5.73 Å². The van der Waals surface area contributed by atoms with Gasteiger partial charge in [-0.05, 0) is 12.1 Å². The minimum absolute atomic E-state index is 0.165. The van der Waals surface area contributed by atoms with Gasteiger partial charge in [0.15, 0.2) is 0 Å². The van der Waals surface area contributed by atoms with E-state index in [1.165, 1.54) is 12.1 Å². The van der Waals surface area contributed by atoms with Gasteiger partial charge < -0.3 is 10.5 Å². The van der Waals surface area contributed by atoms with Crippen molar-refractivity contribution in [3.8, 4) is 5.75 Å². The third-order valence-electron chi connectivity index (χ3n) is 1.89. The summed E-state index contributed by atoms with van der Waals surface area (Å²) in [4.78, 5) is 0. The van der Waals surface area contributed by atoms with Crippen molar-refractivity contribution in [2.45, 2.75) is 12.6 Å². The van der Waals surface area contributed by atoms with Crippen LogP contribution in [0.25, 0.3) is 0 Å². The summed E-state index contributed by atoms with van der Waals surface area (Å²) >= 11 is 0. The molecule has 0 radical (unpaired) electrons. The van der Waals surface area contributed by atoms with E-state index in [-0.39, 0.29) is 11.3 Å². The molecule has 0 amide bonds. The molecule has 7 heteroatoms. The molecule has 0 atom stereocenters. The van der Waals surface area contributed by atoms with Crippen molar-refractivity contribution < 1.29 is 22.3 Å². The summed E-state index contributed by atoms with van der Waals surface area (Å²) < 4.78 is 53.6. The molecule has 1 aromatic carbocycles. The summed E-state index contributed by atoms with van der Waals surface area (Å²) in [6, 6.07) is 3.58. The Morgan fingerprint density at radius 1 is 1.35 bits per heavy atom. The number of halogens is 4. The van der Waals surface area contributed by atoms with Crippen LogP contribution < -0.4 is 10.5 Å². The Labute approximate surface area is 94.7 Å². The van der Waals surface area contributed by atoms with Crippen molar-refractivity contribution in [3.63, 3.8) is 0 Å². The van der Waals surface area contributed by atoms with Crippen molar-refractivity contribution in [1.29, 1.82) is 5.41 Å². The fraction of sp³-hybridized carbons (Fsp3) is 0.300. The number of alkyl halides is 3. The van der Waals surface area contributed by atoms with E-state index in [1.807, 2.05) is 0 Å². The molecule has 0 aliphatic carbocycles. The first kappa shape index (κ1) is 13.3. The second-order valence-electron chi connectivity index (χ2n) is 3.24. The van der Waals surface area contributed by atoms with Gasteiger partial charge >= 0.3 is 6.18 Å². The smallest absolute Gasteiger partial charge is 0.392 e. The molecule has 0 saturated heterocycles. The van der Waals surface area contributed by atoms with Gasteiger partial charge in [0.1, 0.15) is 17.4 Å². The van der Waals surface area contributed by atoms with Crippen LogP contribution >= 0.6 is 0 Å². The first-order valence-electron chi connectivity index (χ1n) is 4.63. The number of ether oxygens (including phenoxy) is 1. The topological polar surface area (TPSA) is 59.1 Å². The van der Waals surface area contributed by atoms with E-state index in [9.17, 15) is 17.6 Å². The molecular formula is C10H10F4N2O. The molecule has 0 unspecified atom stereocenters. The maximum atomic E-state index is 13.2. The summed E-state index contributed by atoms with van der Waals surface area (Å²) in [7, 11) is 0. The van der Waals surface area contributed by atoms with Gasteiger partial charge in [0, 0.05) is 0 Å². The summed E-state index contributed by atoms with van der Waals surface area (Å²) in [5.41, 5.74) is 4.79. The van der Waals surface area contributed by atoms with Crippen LogP contribution in [0.15, 0.2) is 18.2 Å². The van der Waals surface area contributed by atoms with Gasteiger partial charge in [-0.1, -0.05) is 6.07 Å². The molecule has 17 heavy (non-hydrogen) atoms. The number of nitrogens with one attached hydrogen (secondary N) is 1. The Morgan fingerprint density at radius 3 is 2.53 bits per heavy atom. The van der Waals surface area contributed by atoms with Crippen molar-refractivity contribution in [3.05, 3.63) is 29.6 Å². The van der Waals surface area contributed by atoms with Crippen LogP contribution in [0.2, 0.25) is 0 Å². The lowest BCUT2D eigenvalue weighted by Crippen LogP contribution is -2.17. The van der Waals surface area contributed by atoms with Crippen LogP contribution in [0.4, 0.5) is 17.6 Å². The lowest BCUT2D eigenvalue weighted by Gasteiger charge is -2.12. The molecule has 0 bridgehead atoms. The molecule has 3 nitrogen and oxygen atoms in total. The highest BCUT2D eigenvalue weighted by atomic mass is 19.4. The average molecular weight is 250 g/mol. The van der Waals surface area contributed by atoms with Gasteiger partial charge in [-0.15, -0.1) is 0 Å². The Kier molecular flexibility index (Phi) is 3.93. The Balaban J connectivity index is 2.78. The molecule has 3 N–H and O–H groups in total. The summed E-state index contributed by atoms with van der Waals surface area (Å²) in [6.07, 6.45) is -5.50. The largest absolute Gasteiger partial charge is 0.492 e. The summed E-state index contributed by atoms with van der Waals surface area (Å²) in [5, 5.41) is 7.11. The Bertz CT molecular complexity index is 417. The predicted molar refractivity (Wildman–Crippen MR) is 53.6 cm³/mol. The van der Waals surface area contributed by atoms with E-state index in [0.29, 0.717) is 0 Å². The molecule has 0 saturated carbocycles. The van der Waals surface area contributed by atoms with E-state index < -0.39 is 30.9 Å². The third-order valence-corrected chi connectivity index (χ3v) is 1.89. The zero-order chi connectivity index (χ0) is 13.1. The van der Waals surface area contributed by atoms with Crippen LogP contribution in [0.1, 0.15) is 12.0 Å². The third kappa shape index (κ3) is 3.93. The van der Waals surface area contributed by atoms with Crippen LogP contribution in [0.5, 0.6) is 5.75 Å². The quantitative estimate of drug-likeness (QED) is 0.490. The highest BCUT2D eigenvalue weighted by molar-refractivity contribution is 5.97. The maximum Gasteiger partial charge on any atom is 0.392 e. The lowest BCUT2D eigenvalue weighted by molar-refractivity contribution is -0.139. The summed E-state index contributed by atoms with van der Waals surface area (Å²) in [5.74, 6) is -1.56. The molecule has 0 aliphatic rings. The lowest BCUT2D eigenvalue weighted by atomic mass is 10.1. The standard InChI is InChI=1S/C10H10F4N2O/c11-6-2-1-3-7(8(6)9(15)16)17-5-4-10(12,13)14/h1-3H,4-5H2,(H3,15,16). The first-order chi connectivity index (χ1) is 7.81. The van der Waals surface area contributed by atoms with Gasteiger partial charge in [-0.3, -0.25) is 5.41 Å². The van der Waals surface area contributed by atoms with Crippen molar-refractivity contribution in [1.82, 2.24) is 0 Å². The number of benzene rings is 1. The average Bonchev–Trinajstić information content (AvgIpc) is 2.14. The Hall–Kier alpha value is -1.79. The normalized spacial score (nSPS) is 11.3. The fourth-order valence-corrected chi connectivity index (χ4v) is 1.16. The van der Waals surface area contributed by atoms with Gasteiger partial charge in [0.05, 0.1) is 18.6 Å². The highest BCUT2D eigenvalue weighted by Crippen LogP contribution is 2.23. The Morgan fingerprint density at radius 2 is 2.00 bits per heavy atom. The minimum Gasteiger partial charge on any atom is -0.492 e. The number of hydrogen-bond acceptors (Lipinski definition) is 2. The van der Waals surface area contributed by atoms with E-state index in [1.54, 1.807) is 0 Å². The van der Waals surface area contributed by atoms with E-state index in [4.69, 9.17) is 15.9 Å². The molecule has 94 valence electrons. The monoisotopic (exact) mass is 250 g/mol. The minimum atomic E-state index is -4.34. The first-order valence-corrected chi connectivity index (χ1v) is 4.63. The van der Waals surface area contributed by atoms with Gasteiger partial charge in [-0.2, -0.15) is 13.2 Å². The van der Waals surface area contributed by atoms with Crippen LogP contribution in [-0.2, 0) is 0 Å². The van der Waals surface area contributed by atoms with Gasteiger partial charge in [-0.25, -0.2) is 4.39 Å². The number of amidine groups is 1. The number of nitrogen functional groups attached to an aromatic ring is 1. The molecule has 0 fully saturated rings. The van der Waals surface area contributed by atoms with Gasteiger partial charge in [0.2, 0.25) is 0 Å². The van der Waals surface area contributed by atoms with Crippen LogP contribution in [0, 0.1) is 11.2 Å². The number of nitrogens with two attached hydrogens (primary N) is 1. The molecule has 1 aromatic rings. The zero-order valence-electron chi connectivity index (χ0n) is 8.64. The molecule has 1 rings (SSSR count). The molecule has 0 aromatic heterocycles. The van der Waals surface area contributed by atoms with Gasteiger partial charge in [0.25, 0.3) is 0 Å². The maximum absolute atomic E-state index is 13.2. The zero-order valence-corrected chi connectivity index (χ0v) is 8.64. The van der Waals surface area contributed by atoms with E-state index in [2.05, 4.69) is 0 Å². The van der Waals surface area contributed by atoms with E-state index >= 15 is 0 Å². The van der Waals surface area contributed by atoms with Crippen molar-refractivity contribution in [2.75, 3.05) is 6.61 Å². The SMILES string of the molecule is N=C(N)c1c(F)cccc1OCCC(F)(F)F. The highest BCUT2D eigenvalue weighted by Gasteiger charge is 2.27. The molecule has 0 spiro atoms. The predicted octanol–water partition coefficient (Wildman–Crippen LogP) is 2.44. The number of hydrogen-bond donors (Lipinski definition) is 2. The summed E-state index contributed by atoms with van der Waals surface area (Å²) in [6.45, 7) is -0.646. The van der Waals surface area contributed by atoms with Crippen LogP contribution in [0.3, 0.4) is 0 Å². The number of rotatable bonds is 4. The molecular weight excluding hydrogens is 240 g/mol. The second kappa shape index (κ2) is 5.03. The fourth-order valence-electron chi connectivity index (χ4n) is 1.16. The molecule has 0 heterocycles. The van der Waals surface area contributed by atoms with E-state index in [0.717, 1.165) is 6.07 Å². The van der Waals surface area contributed by atoms with Crippen LogP contribution in [-0.4, -0.2) is 18.6 Å².